The summed E-state index contributed by atoms with van der Waals surface area (Å²) in [6, 6.07) is 21.8. The Morgan fingerprint density at radius 3 is 2.50 bits per heavy atom. The Kier molecular flexibility index (Phi) is 8.40. The molecule has 1 N–H and O–H groups in total. The molecule has 0 spiro atoms. The molecule has 0 saturated carbocycles. The molecule has 5 heteroatoms. The Bertz CT molecular complexity index is 1120. The highest BCUT2D eigenvalue weighted by atomic mass is 16.1. The summed E-state index contributed by atoms with van der Waals surface area (Å²) < 4.78 is 2.46. The van der Waals surface area contributed by atoms with Crippen LogP contribution in [0, 0.1) is 11.8 Å². The molecule has 192 valence electrons. The van der Waals surface area contributed by atoms with Crippen molar-refractivity contribution in [1.29, 1.82) is 0 Å². The van der Waals surface area contributed by atoms with Gasteiger partial charge in [-0.1, -0.05) is 55.5 Å². The number of para-hydroxylation sites is 1. The van der Waals surface area contributed by atoms with Crippen LogP contribution in [-0.2, 0) is 17.9 Å². The number of carbonyl (C=O) groups is 1. The van der Waals surface area contributed by atoms with Crippen molar-refractivity contribution in [3.05, 3.63) is 71.9 Å². The van der Waals surface area contributed by atoms with E-state index in [0.29, 0.717) is 0 Å². The van der Waals surface area contributed by atoms with Crippen LogP contribution in [0.2, 0.25) is 0 Å². The minimum absolute atomic E-state index is 0.159. The number of hydrogen-bond donors (Lipinski definition) is 1. The second-order valence-corrected chi connectivity index (χ2v) is 11.0. The van der Waals surface area contributed by atoms with Crippen molar-refractivity contribution < 1.29 is 4.79 Å². The first kappa shape index (κ1) is 25.0. The molecule has 1 aromatic heterocycles. The number of fused-ring (bicyclic) bond motifs is 1. The molecular weight excluding hydrogens is 444 g/mol. The van der Waals surface area contributed by atoms with Crippen LogP contribution in [0.4, 0.5) is 0 Å². The third-order valence-corrected chi connectivity index (χ3v) is 8.12. The molecule has 0 aliphatic carbocycles. The molecular formula is C31H42N4O. The van der Waals surface area contributed by atoms with Crippen molar-refractivity contribution in [2.75, 3.05) is 39.3 Å². The maximum atomic E-state index is 12.8. The number of amides is 1. The zero-order valence-corrected chi connectivity index (χ0v) is 21.9. The van der Waals surface area contributed by atoms with Crippen molar-refractivity contribution in [3.8, 4) is 0 Å². The highest BCUT2D eigenvalue weighted by Gasteiger charge is 2.25. The number of benzene rings is 2. The number of nitrogens with one attached hydrogen (secondary N) is 1. The molecule has 5 nitrogen and oxygen atoms in total. The van der Waals surface area contributed by atoms with E-state index in [2.05, 4.69) is 87.3 Å². The molecule has 36 heavy (non-hydrogen) atoms. The number of nitrogens with zero attached hydrogens (tertiary/aromatic N) is 3. The van der Waals surface area contributed by atoms with Gasteiger partial charge in [0, 0.05) is 43.3 Å². The Hall–Kier alpha value is -2.63. The van der Waals surface area contributed by atoms with Gasteiger partial charge in [0.1, 0.15) is 0 Å². The lowest BCUT2D eigenvalue weighted by molar-refractivity contribution is -0.126. The van der Waals surface area contributed by atoms with Gasteiger partial charge in [-0.25, -0.2) is 0 Å². The van der Waals surface area contributed by atoms with Crippen molar-refractivity contribution in [2.45, 2.75) is 52.1 Å². The van der Waals surface area contributed by atoms with Crippen molar-refractivity contribution >= 4 is 16.8 Å². The van der Waals surface area contributed by atoms with E-state index in [0.717, 1.165) is 64.4 Å². The first-order valence-corrected chi connectivity index (χ1v) is 14.0. The van der Waals surface area contributed by atoms with Gasteiger partial charge in [-0.05, 0) is 87.3 Å². The Morgan fingerprint density at radius 2 is 1.69 bits per heavy atom. The smallest absolute Gasteiger partial charge is 0.223 e. The van der Waals surface area contributed by atoms with Crippen molar-refractivity contribution in [3.63, 3.8) is 0 Å². The van der Waals surface area contributed by atoms with E-state index in [1.807, 2.05) is 0 Å². The minimum atomic E-state index is 0.159. The molecule has 3 aromatic rings. The number of likely N-dealkylation sites (tertiary alicyclic amines) is 2. The summed E-state index contributed by atoms with van der Waals surface area (Å²) in [5, 5.41) is 4.54. The van der Waals surface area contributed by atoms with E-state index in [9.17, 15) is 4.79 Å². The van der Waals surface area contributed by atoms with Gasteiger partial charge >= 0.3 is 0 Å². The van der Waals surface area contributed by atoms with Crippen LogP contribution in [0.15, 0.2) is 60.7 Å². The van der Waals surface area contributed by atoms with Crippen LogP contribution >= 0.6 is 0 Å². The molecule has 2 aliphatic heterocycles. The standard InChI is InChI=1S/C31H42N4O/c1-25-9-7-17-33(22-25)18-8-16-32-31(36)27-14-19-34(20-15-27)24-29-21-28-12-5-6-13-30(28)35(29)23-26-10-3-2-4-11-26/h2-6,10-13,21,25,27H,7-9,14-20,22-24H2,1H3,(H,32,36). The van der Waals surface area contributed by atoms with E-state index >= 15 is 0 Å². The van der Waals surface area contributed by atoms with E-state index in [1.165, 1.54) is 48.1 Å². The van der Waals surface area contributed by atoms with Crippen molar-refractivity contribution in [2.24, 2.45) is 11.8 Å². The van der Waals surface area contributed by atoms with Gasteiger partial charge in [0.15, 0.2) is 0 Å². The second-order valence-electron chi connectivity index (χ2n) is 11.0. The van der Waals surface area contributed by atoms with Crippen LogP contribution in [0.3, 0.4) is 0 Å². The number of aromatic nitrogens is 1. The molecule has 2 aliphatic rings. The summed E-state index contributed by atoms with van der Waals surface area (Å²) >= 11 is 0. The largest absolute Gasteiger partial charge is 0.356 e. The van der Waals surface area contributed by atoms with Crippen molar-refractivity contribution in [1.82, 2.24) is 19.7 Å². The summed E-state index contributed by atoms with van der Waals surface area (Å²) in [6.07, 6.45) is 5.65. The minimum Gasteiger partial charge on any atom is -0.356 e. The normalized spacial score (nSPS) is 20.1. The van der Waals surface area contributed by atoms with Gasteiger partial charge in [0.2, 0.25) is 5.91 Å². The first-order chi connectivity index (χ1) is 17.7. The van der Waals surface area contributed by atoms with E-state index < -0.39 is 0 Å². The van der Waals surface area contributed by atoms with Crippen LogP contribution in [0.5, 0.6) is 0 Å². The van der Waals surface area contributed by atoms with Gasteiger partial charge in [-0.3, -0.25) is 9.69 Å². The average molecular weight is 487 g/mol. The summed E-state index contributed by atoms with van der Waals surface area (Å²) in [5.74, 6) is 1.24. The third kappa shape index (κ3) is 6.37. The lowest BCUT2D eigenvalue weighted by Gasteiger charge is -2.32. The molecule has 5 rings (SSSR count). The molecule has 3 heterocycles. The van der Waals surface area contributed by atoms with E-state index in [-0.39, 0.29) is 11.8 Å². The third-order valence-electron chi connectivity index (χ3n) is 8.12. The van der Waals surface area contributed by atoms with Gasteiger partial charge < -0.3 is 14.8 Å². The number of hydrogen-bond acceptors (Lipinski definition) is 3. The molecule has 1 atom stereocenters. The van der Waals surface area contributed by atoms with E-state index in [1.54, 1.807) is 0 Å². The second kappa shape index (κ2) is 12.1. The highest BCUT2D eigenvalue weighted by molar-refractivity contribution is 5.81. The van der Waals surface area contributed by atoms with Crippen LogP contribution < -0.4 is 5.32 Å². The Labute approximate surface area is 216 Å². The number of rotatable bonds is 9. The summed E-state index contributed by atoms with van der Waals surface area (Å²) in [6.45, 7) is 10.5. The Balaban J connectivity index is 1.11. The highest BCUT2D eigenvalue weighted by Crippen LogP contribution is 2.25. The predicted octanol–water partition coefficient (Wildman–Crippen LogP) is 5.14. The summed E-state index contributed by atoms with van der Waals surface area (Å²) in [7, 11) is 0. The lowest BCUT2D eigenvalue weighted by atomic mass is 9.95. The fourth-order valence-corrected chi connectivity index (χ4v) is 6.08. The first-order valence-electron chi connectivity index (χ1n) is 14.0. The summed E-state index contributed by atoms with van der Waals surface area (Å²) in [4.78, 5) is 17.9. The number of piperidine rings is 2. The quantitative estimate of drug-likeness (QED) is 0.426. The zero-order valence-electron chi connectivity index (χ0n) is 21.9. The average Bonchev–Trinajstić information content (AvgIpc) is 3.24. The lowest BCUT2D eigenvalue weighted by Crippen LogP contribution is -2.41. The zero-order chi connectivity index (χ0) is 24.7. The maximum Gasteiger partial charge on any atom is 0.223 e. The molecule has 1 amide bonds. The van der Waals surface area contributed by atoms with Crippen LogP contribution in [0.25, 0.3) is 10.9 Å². The monoisotopic (exact) mass is 486 g/mol. The van der Waals surface area contributed by atoms with E-state index in [4.69, 9.17) is 0 Å². The maximum absolute atomic E-state index is 12.8. The van der Waals surface area contributed by atoms with Gasteiger partial charge in [0.25, 0.3) is 0 Å². The van der Waals surface area contributed by atoms with Gasteiger partial charge in [0.05, 0.1) is 0 Å². The fourth-order valence-electron chi connectivity index (χ4n) is 6.08. The molecule has 0 bridgehead atoms. The SMILES string of the molecule is CC1CCCN(CCCNC(=O)C2CCN(Cc3cc4ccccc4n3Cc3ccccc3)CC2)C1. The summed E-state index contributed by atoms with van der Waals surface area (Å²) in [5.41, 5.74) is 3.98. The van der Waals surface area contributed by atoms with Gasteiger partial charge in [-0.15, -0.1) is 0 Å². The topological polar surface area (TPSA) is 40.5 Å². The van der Waals surface area contributed by atoms with Crippen LogP contribution in [-0.4, -0.2) is 59.5 Å². The molecule has 1 unspecified atom stereocenters. The molecule has 2 aromatic carbocycles. The van der Waals surface area contributed by atoms with Gasteiger partial charge in [-0.2, -0.15) is 0 Å². The van der Waals surface area contributed by atoms with Crippen LogP contribution in [0.1, 0.15) is 50.3 Å². The Morgan fingerprint density at radius 1 is 0.917 bits per heavy atom. The molecule has 2 saturated heterocycles. The number of carbonyl (C=O) groups excluding carboxylic acids is 1. The molecule has 2 fully saturated rings. The fraction of sp³-hybridized carbons (Fsp3) is 0.516. The molecule has 0 radical (unpaired) electrons. The predicted molar refractivity (Wildman–Crippen MR) is 148 cm³/mol.